The third-order valence-electron chi connectivity index (χ3n) is 1.97. The van der Waals surface area contributed by atoms with Crippen LogP contribution in [0.5, 0.6) is 5.75 Å². The number of phenolic OH excluding ortho intramolecular Hbond substituents is 1. The normalized spacial score (nSPS) is 9.41. The van der Waals surface area contributed by atoms with E-state index in [1.54, 1.807) is 19.1 Å². The fourth-order valence-electron chi connectivity index (χ4n) is 1.22. The largest absolute Gasteiger partial charge is 0.507 e. The lowest BCUT2D eigenvalue weighted by atomic mass is 10.1. The van der Waals surface area contributed by atoms with E-state index in [4.69, 9.17) is 0 Å². The molecular weight excluding hydrogens is 216 g/mol. The van der Waals surface area contributed by atoms with Crippen LogP contribution in [0.1, 0.15) is 25.2 Å². The summed E-state index contributed by atoms with van der Waals surface area (Å²) >= 11 is 0. The van der Waals surface area contributed by atoms with Gasteiger partial charge in [-0.1, -0.05) is 19.9 Å². The van der Waals surface area contributed by atoms with Crippen molar-refractivity contribution in [2.75, 3.05) is 0 Å². The minimum atomic E-state index is 0.141. The van der Waals surface area contributed by atoms with E-state index in [9.17, 15) is 5.11 Å². The lowest BCUT2D eigenvalue weighted by Crippen LogP contribution is -1.98. The van der Waals surface area contributed by atoms with Crippen LogP contribution < -0.4 is 0 Å². The van der Waals surface area contributed by atoms with E-state index in [1.807, 2.05) is 26.8 Å². The van der Waals surface area contributed by atoms with Crippen molar-refractivity contribution >= 4 is 0 Å². The monoisotopic (exact) mass is 232 g/mol. The molecule has 0 aliphatic rings. The SMILES string of the molecule is CC.Cc1ccc(-c2nnc(C)nn2)c(O)c1. The molecule has 0 aliphatic heterocycles. The van der Waals surface area contributed by atoms with E-state index in [0.29, 0.717) is 17.2 Å². The third kappa shape index (κ3) is 3.21. The van der Waals surface area contributed by atoms with Gasteiger partial charge in [0.05, 0.1) is 5.56 Å². The molecule has 1 N–H and O–H groups in total. The van der Waals surface area contributed by atoms with Crippen molar-refractivity contribution in [1.82, 2.24) is 20.4 Å². The molecule has 2 rings (SSSR count). The van der Waals surface area contributed by atoms with Gasteiger partial charge in [0.1, 0.15) is 5.75 Å². The second kappa shape index (κ2) is 5.89. The number of nitrogens with zero attached hydrogens (tertiary/aromatic N) is 4. The number of aromatic nitrogens is 4. The van der Waals surface area contributed by atoms with E-state index >= 15 is 0 Å². The van der Waals surface area contributed by atoms with Gasteiger partial charge in [-0.3, -0.25) is 0 Å². The van der Waals surface area contributed by atoms with E-state index in [0.717, 1.165) is 5.56 Å². The molecule has 0 amide bonds. The minimum absolute atomic E-state index is 0.141. The smallest absolute Gasteiger partial charge is 0.207 e. The quantitative estimate of drug-likeness (QED) is 0.816. The summed E-state index contributed by atoms with van der Waals surface area (Å²) in [5, 5.41) is 25.0. The molecule has 1 aromatic heterocycles. The first-order valence-corrected chi connectivity index (χ1v) is 5.51. The van der Waals surface area contributed by atoms with Crippen molar-refractivity contribution in [2.45, 2.75) is 27.7 Å². The third-order valence-corrected chi connectivity index (χ3v) is 1.97. The second-order valence-electron chi connectivity index (χ2n) is 3.29. The van der Waals surface area contributed by atoms with Gasteiger partial charge in [0.25, 0.3) is 0 Å². The molecule has 17 heavy (non-hydrogen) atoms. The Morgan fingerprint density at radius 1 is 0.941 bits per heavy atom. The Kier molecular flexibility index (Phi) is 4.51. The van der Waals surface area contributed by atoms with Gasteiger partial charge < -0.3 is 5.11 Å². The maximum atomic E-state index is 9.68. The molecule has 5 nitrogen and oxygen atoms in total. The van der Waals surface area contributed by atoms with Gasteiger partial charge in [-0.25, -0.2) is 0 Å². The highest BCUT2D eigenvalue weighted by Crippen LogP contribution is 2.25. The Morgan fingerprint density at radius 2 is 1.53 bits per heavy atom. The van der Waals surface area contributed by atoms with Gasteiger partial charge in [-0.05, 0) is 31.5 Å². The predicted molar refractivity (Wildman–Crippen MR) is 65.5 cm³/mol. The number of hydrogen-bond donors (Lipinski definition) is 1. The summed E-state index contributed by atoms with van der Waals surface area (Å²) in [6.45, 7) is 7.61. The molecule has 0 spiro atoms. The highest BCUT2D eigenvalue weighted by Gasteiger charge is 2.08. The van der Waals surface area contributed by atoms with Crippen molar-refractivity contribution in [3.63, 3.8) is 0 Å². The molecule has 0 radical (unpaired) electrons. The maximum absolute atomic E-state index is 9.68. The van der Waals surface area contributed by atoms with Crippen LogP contribution in [0.25, 0.3) is 11.4 Å². The number of benzene rings is 1. The fraction of sp³-hybridized carbons (Fsp3) is 0.333. The van der Waals surface area contributed by atoms with Crippen molar-refractivity contribution in [3.05, 3.63) is 29.6 Å². The molecule has 90 valence electrons. The van der Waals surface area contributed by atoms with Crippen LogP contribution in [0.15, 0.2) is 18.2 Å². The lowest BCUT2D eigenvalue weighted by molar-refractivity contribution is 0.476. The first-order valence-electron chi connectivity index (χ1n) is 5.51. The Labute approximate surface area is 101 Å². The Bertz CT molecular complexity index is 482. The van der Waals surface area contributed by atoms with Gasteiger partial charge in [-0.15, -0.1) is 20.4 Å². The first-order chi connectivity index (χ1) is 8.16. The van der Waals surface area contributed by atoms with E-state index in [1.165, 1.54) is 0 Å². The first kappa shape index (κ1) is 13.0. The molecule has 1 aromatic carbocycles. The number of hydrogen-bond acceptors (Lipinski definition) is 5. The molecule has 0 unspecified atom stereocenters. The molecule has 2 aromatic rings. The summed E-state index contributed by atoms with van der Waals surface area (Å²) in [5.74, 6) is 0.978. The van der Waals surface area contributed by atoms with Crippen LogP contribution in [0.2, 0.25) is 0 Å². The Hall–Kier alpha value is -2.04. The van der Waals surface area contributed by atoms with Gasteiger partial charge in [0.2, 0.25) is 5.82 Å². The van der Waals surface area contributed by atoms with Crippen molar-refractivity contribution in [1.29, 1.82) is 0 Å². The Balaban J connectivity index is 0.000000686. The summed E-state index contributed by atoms with van der Waals surface area (Å²) in [6.07, 6.45) is 0. The zero-order valence-corrected chi connectivity index (χ0v) is 10.5. The number of aryl methyl sites for hydroxylation is 2. The van der Waals surface area contributed by atoms with Crippen LogP contribution in [-0.4, -0.2) is 25.5 Å². The minimum Gasteiger partial charge on any atom is -0.507 e. The van der Waals surface area contributed by atoms with Gasteiger partial charge in [0, 0.05) is 0 Å². The molecule has 0 fully saturated rings. The highest BCUT2D eigenvalue weighted by atomic mass is 16.3. The summed E-state index contributed by atoms with van der Waals surface area (Å²) in [4.78, 5) is 0. The van der Waals surface area contributed by atoms with Crippen LogP contribution >= 0.6 is 0 Å². The van der Waals surface area contributed by atoms with E-state index in [2.05, 4.69) is 20.4 Å². The van der Waals surface area contributed by atoms with E-state index in [-0.39, 0.29) is 5.75 Å². The molecule has 1 heterocycles. The molecule has 0 bridgehead atoms. The Morgan fingerprint density at radius 3 is 2.06 bits per heavy atom. The number of phenols is 1. The van der Waals surface area contributed by atoms with Gasteiger partial charge >= 0.3 is 0 Å². The number of rotatable bonds is 1. The molecule has 0 saturated heterocycles. The summed E-state index contributed by atoms with van der Waals surface area (Å²) < 4.78 is 0. The zero-order valence-electron chi connectivity index (χ0n) is 10.5. The van der Waals surface area contributed by atoms with Crippen LogP contribution in [0.3, 0.4) is 0 Å². The van der Waals surface area contributed by atoms with Gasteiger partial charge in [-0.2, -0.15) is 0 Å². The lowest BCUT2D eigenvalue weighted by Gasteiger charge is -2.02. The van der Waals surface area contributed by atoms with Crippen molar-refractivity contribution < 1.29 is 5.11 Å². The van der Waals surface area contributed by atoms with Crippen LogP contribution in [0.4, 0.5) is 0 Å². The van der Waals surface area contributed by atoms with Gasteiger partial charge in [0.15, 0.2) is 5.82 Å². The van der Waals surface area contributed by atoms with Crippen LogP contribution in [-0.2, 0) is 0 Å². The average Bonchev–Trinajstić information content (AvgIpc) is 2.33. The zero-order chi connectivity index (χ0) is 12.8. The van der Waals surface area contributed by atoms with Crippen molar-refractivity contribution in [2.24, 2.45) is 0 Å². The summed E-state index contributed by atoms with van der Waals surface area (Å²) in [6, 6.07) is 5.27. The molecule has 0 aliphatic carbocycles. The fourth-order valence-corrected chi connectivity index (χ4v) is 1.22. The molecular formula is C12H16N4O. The van der Waals surface area contributed by atoms with E-state index < -0.39 is 0 Å². The second-order valence-corrected chi connectivity index (χ2v) is 3.29. The molecule has 0 saturated carbocycles. The summed E-state index contributed by atoms with van der Waals surface area (Å²) in [7, 11) is 0. The average molecular weight is 232 g/mol. The predicted octanol–water partition coefficient (Wildman–Crippen LogP) is 2.28. The topological polar surface area (TPSA) is 71.8 Å². The standard InChI is InChI=1S/C10H10N4O.C2H6/c1-6-3-4-8(9(15)5-6)10-13-11-7(2)12-14-10;1-2/h3-5,15H,1-2H3;1-2H3. The highest BCUT2D eigenvalue weighted by molar-refractivity contribution is 5.63. The summed E-state index contributed by atoms with van der Waals surface area (Å²) in [5.41, 5.74) is 1.52. The molecule has 0 atom stereocenters. The molecule has 5 heteroatoms. The number of aromatic hydroxyl groups is 1. The van der Waals surface area contributed by atoms with Crippen molar-refractivity contribution in [3.8, 4) is 17.1 Å². The van der Waals surface area contributed by atoms with Crippen LogP contribution in [0, 0.1) is 13.8 Å². The maximum Gasteiger partial charge on any atom is 0.207 e.